The van der Waals surface area contributed by atoms with Crippen LogP contribution in [-0.4, -0.2) is 25.7 Å². The first-order valence-electron chi connectivity index (χ1n) is 9.86. The van der Waals surface area contributed by atoms with Gasteiger partial charge in [0.15, 0.2) is 11.6 Å². The summed E-state index contributed by atoms with van der Waals surface area (Å²) in [5.74, 6) is 0.371. The van der Waals surface area contributed by atoms with Crippen LogP contribution in [0, 0.1) is 24.6 Å². The number of rotatable bonds is 4. The Morgan fingerprint density at radius 1 is 1.31 bits per heavy atom. The molecule has 0 aliphatic heterocycles. The van der Waals surface area contributed by atoms with Crippen molar-refractivity contribution in [2.24, 2.45) is 18.9 Å². The fourth-order valence-corrected chi connectivity index (χ4v) is 5.12. The van der Waals surface area contributed by atoms with Crippen LogP contribution in [0.1, 0.15) is 31.9 Å². The number of carbonyl (C=O) groups excluding carboxylic acids is 1. The van der Waals surface area contributed by atoms with Gasteiger partial charge in [-0.2, -0.15) is 5.10 Å². The van der Waals surface area contributed by atoms with Crippen molar-refractivity contribution in [3.63, 3.8) is 0 Å². The van der Waals surface area contributed by atoms with Gasteiger partial charge in [0.2, 0.25) is 5.91 Å². The second kappa shape index (κ2) is 6.47. The largest absolute Gasteiger partial charge is 0.326 e. The number of anilines is 1. The minimum Gasteiger partial charge on any atom is -0.326 e. The van der Waals surface area contributed by atoms with Gasteiger partial charge in [-0.3, -0.25) is 9.48 Å². The molecule has 3 aromatic rings. The summed E-state index contributed by atoms with van der Waals surface area (Å²) in [4.78, 5) is 21.3. The summed E-state index contributed by atoms with van der Waals surface area (Å²) in [6, 6.07) is 7.70. The van der Waals surface area contributed by atoms with E-state index in [0.29, 0.717) is 17.4 Å². The molecule has 3 fully saturated rings. The van der Waals surface area contributed by atoms with Crippen LogP contribution in [0.5, 0.6) is 0 Å². The lowest BCUT2D eigenvalue weighted by Gasteiger charge is -2.45. The highest BCUT2D eigenvalue weighted by Gasteiger charge is 2.63. The zero-order valence-electron chi connectivity index (χ0n) is 16.4. The molecule has 3 aliphatic rings. The summed E-state index contributed by atoms with van der Waals surface area (Å²) in [5.41, 5.74) is 3.33. The number of amides is 1. The summed E-state index contributed by atoms with van der Waals surface area (Å²) in [6.45, 7) is 1.94. The number of fused-ring (bicyclic) bond motifs is 1. The number of nitrogens with zero attached hydrogens (tertiary/aromatic N) is 4. The van der Waals surface area contributed by atoms with E-state index in [0.717, 1.165) is 48.5 Å². The molecule has 2 bridgehead atoms. The number of hydrogen-bond donors (Lipinski definition) is 1. The van der Waals surface area contributed by atoms with E-state index in [1.165, 1.54) is 0 Å². The summed E-state index contributed by atoms with van der Waals surface area (Å²) in [7, 11) is 1.91. The van der Waals surface area contributed by atoms with Crippen LogP contribution in [0.2, 0.25) is 0 Å². The fraction of sp³-hybridized carbons (Fsp3) is 0.364. The van der Waals surface area contributed by atoms with Gasteiger partial charge >= 0.3 is 0 Å². The first-order valence-corrected chi connectivity index (χ1v) is 9.86. The van der Waals surface area contributed by atoms with E-state index < -0.39 is 5.82 Å². The minimum absolute atomic E-state index is 0. The van der Waals surface area contributed by atoms with Gasteiger partial charge in [0.05, 0.1) is 24.0 Å². The van der Waals surface area contributed by atoms with E-state index >= 15 is 0 Å². The average molecular weight is 393 g/mol. The van der Waals surface area contributed by atoms with Crippen molar-refractivity contribution in [3.8, 4) is 11.4 Å². The Morgan fingerprint density at radius 3 is 2.79 bits per heavy atom. The molecule has 6 rings (SSSR count). The van der Waals surface area contributed by atoms with Crippen molar-refractivity contribution < 1.29 is 10.6 Å². The molecular weight excluding hydrogens is 369 g/mol. The van der Waals surface area contributed by atoms with E-state index in [1.54, 1.807) is 4.68 Å². The molecule has 1 aromatic carbocycles. The first-order chi connectivity index (χ1) is 14.0. The molecule has 0 saturated heterocycles. The van der Waals surface area contributed by atoms with Gasteiger partial charge in [-0.15, -0.1) is 0 Å². The molecule has 150 valence electrons. The highest BCUT2D eigenvalue weighted by atomic mass is 19.1. The number of carbonyl (C=O) groups is 1. The molecule has 2 aromatic heterocycles. The molecule has 6 nitrogen and oxygen atoms in total. The maximum absolute atomic E-state index is 13.2. The molecule has 1 unspecified atom stereocenters. The third kappa shape index (κ3) is 2.84. The van der Waals surface area contributed by atoms with Gasteiger partial charge in [0, 0.05) is 31.3 Å². The number of nitrogens with one attached hydrogen (secondary N) is 1. The average Bonchev–Trinajstić information content (AvgIpc) is 3.39. The van der Waals surface area contributed by atoms with Crippen LogP contribution < -0.4 is 5.32 Å². The van der Waals surface area contributed by atoms with Gasteiger partial charge in [0.25, 0.3) is 0 Å². The van der Waals surface area contributed by atoms with Gasteiger partial charge < -0.3 is 5.32 Å². The van der Waals surface area contributed by atoms with Crippen LogP contribution in [0.4, 0.5) is 10.1 Å². The summed E-state index contributed by atoms with van der Waals surface area (Å²) >= 11 is 0. The molecule has 0 spiro atoms. The fourth-order valence-electron chi connectivity index (χ4n) is 5.12. The SMILES string of the molecule is Cc1ccc(NC(=O)[C@H]2C3CC[C@@]2(c2ccn(C)n2)C3)cc1-c1ncc(F)cn1.[HH]. The van der Waals surface area contributed by atoms with Crippen LogP contribution >= 0.6 is 0 Å². The maximum atomic E-state index is 13.2. The predicted molar refractivity (Wildman–Crippen MR) is 109 cm³/mol. The number of halogens is 1. The molecule has 29 heavy (non-hydrogen) atoms. The lowest BCUT2D eigenvalue weighted by atomic mass is 9.58. The third-order valence-corrected chi connectivity index (χ3v) is 6.53. The smallest absolute Gasteiger partial charge is 0.228 e. The minimum atomic E-state index is -0.476. The van der Waals surface area contributed by atoms with Crippen molar-refractivity contribution >= 4 is 11.6 Å². The standard InChI is InChI=1S/C22H22FN5O.H2/c1-13-3-4-16(9-17(13)20-24-11-15(23)12-25-20)26-21(29)19-14-5-7-22(19,10-14)18-6-8-28(2)27-18;/h3-4,6,8-9,11-12,14,19H,5,7,10H2,1-2H3,(H,26,29);1H/t14?,19-,22+;/m1./s1. The monoisotopic (exact) mass is 393 g/mol. The highest BCUT2D eigenvalue weighted by Crippen LogP contribution is 2.63. The highest BCUT2D eigenvalue weighted by molar-refractivity contribution is 5.95. The Balaban J connectivity index is 0.00000218. The zero-order chi connectivity index (χ0) is 20.2. The van der Waals surface area contributed by atoms with Crippen molar-refractivity contribution in [3.05, 3.63) is 59.9 Å². The number of hydrogen-bond acceptors (Lipinski definition) is 4. The summed E-state index contributed by atoms with van der Waals surface area (Å²) in [5, 5.41) is 7.70. The van der Waals surface area contributed by atoms with E-state index in [9.17, 15) is 9.18 Å². The Bertz CT molecular complexity index is 1100. The van der Waals surface area contributed by atoms with Crippen molar-refractivity contribution in [1.82, 2.24) is 19.7 Å². The van der Waals surface area contributed by atoms with E-state index in [-0.39, 0.29) is 18.7 Å². The van der Waals surface area contributed by atoms with Crippen molar-refractivity contribution in [1.29, 1.82) is 0 Å². The van der Waals surface area contributed by atoms with Gasteiger partial charge in [-0.1, -0.05) is 6.07 Å². The summed E-state index contributed by atoms with van der Waals surface area (Å²) < 4.78 is 15.0. The molecular formula is C22H24FN5O. The van der Waals surface area contributed by atoms with Gasteiger partial charge in [-0.25, -0.2) is 14.4 Å². The van der Waals surface area contributed by atoms with Crippen LogP contribution in [0.15, 0.2) is 42.9 Å². The third-order valence-electron chi connectivity index (χ3n) is 6.53. The van der Waals surface area contributed by atoms with Crippen LogP contribution in [0.25, 0.3) is 11.4 Å². The Kier molecular flexibility index (Phi) is 4.01. The molecule has 3 atom stereocenters. The number of aromatic nitrogens is 4. The van der Waals surface area contributed by atoms with E-state index in [1.807, 2.05) is 44.4 Å². The summed E-state index contributed by atoms with van der Waals surface area (Å²) in [6.07, 6.45) is 7.35. The molecule has 3 aliphatic carbocycles. The van der Waals surface area contributed by atoms with E-state index in [4.69, 9.17) is 0 Å². The second-order valence-corrected chi connectivity index (χ2v) is 8.26. The molecule has 1 amide bonds. The Morgan fingerprint density at radius 2 is 2.10 bits per heavy atom. The van der Waals surface area contributed by atoms with Gasteiger partial charge in [0.1, 0.15) is 0 Å². The lowest BCUT2D eigenvalue weighted by molar-refractivity contribution is -0.127. The topological polar surface area (TPSA) is 72.7 Å². The lowest BCUT2D eigenvalue weighted by Crippen LogP contribution is -2.50. The normalized spacial score (nSPS) is 24.9. The predicted octanol–water partition coefficient (Wildman–Crippen LogP) is 3.88. The second-order valence-electron chi connectivity index (χ2n) is 8.26. The zero-order valence-corrected chi connectivity index (χ0v) is 16.4. The molecule has 2 heterocycles. The first kappa shape index (κ1) is 18.0. The number of aryl methyl sites for hydroxylation is 2. The Labute approximate surface area is 169 Å². The molecule has 3 saturated carbocycles. The van der Waals surface area contributed by atoms with Crippen molar-refractivity contribution in [2.75, 3.05) is 5.32 Å². The molecule has 7 heteroatoms. The maximum Gasteiger partial charge on any atom is 0.228 e. The molecule has 1 N–H and O–H groups in total. The van der Waals surface area contributed by atoms with E-state index in [2.05, 4.69) is 20.4 Å². The Hall–Kier alpha value is -3.09. The molecule has 0 radical (unpaired) electrons. The van der Waals surface area contributed by atoms with Gasteiger partial charge in [-0.05, 0) is 55.9 Å². The number of benzene rings is 1. The van der Waals surface area contributed by atoms with Crippen molar-refractivity contribution in [2.45, 2.75) is 31.6 Å². The quantitative estimate of drug-likeness (QED) is 0.730. The van der Waals surface area contributed by atoms with Crippen LogP contribution in [0.3, 0.4) is 0 Å². The van der Waals surface area contributed by atoms with Crippen LogP contribution in [-0.2, 0) is 17.3 Å².